The van der Waals surface area contributed by atoms with Crippen LogP contribution >= 0.6 is 11.6 Å². The highest BCUT2D eigenvalue weighted by molar-refractivity contribution is 6.35. The molecular formula is C27H25ClN2O7. The standard InChI is InChI=1S/C27H25ClN2O7/c1-17-7-3-4-8-19(17)26(33)20-12-11-18(15-21(20)28)29-22-9-5-6-10-23(22)30-27(34)37-16-36-25(32)14-13-24(31)35-2/h3-12,15,29H,13-14,16H2,1-2H3,(H,30,34). The van der Waals surface area contributed by atoms with E-state index >= 15 is 0 Å². The lowest BCUT2D eigenvalue weighted by molar-refractivity contribution is -0.154. The van der Waals surface area contributed by atoms with Gasteiger partial charge in [-0.1, -0.05) is 48.0 Å². The Balaban J connectivity index is 1.60. The summed E-state index contributed by atoms with van der Waals surface area (Å²) in [6.45, 7) is 1.24. The van der Waals surface area contributed by atoms with Gasteiger partial charge in [-0.25, -0.2) is 4.79 Å². The van der Waals surface area contributed by atoms with E-state index in [1.165, 1.54) is 7.11 Å². The molecule has 0 radical (unpaired) electrons. The van der Waals surface area contributed by atoms with Gasteiger partial charge in [0.05, 0.1) is 36.3 Å². The van der Waals surface area contributed by atoms with Gasteiger partial charge >= 0.3 is 18.0 Å². The Morgan fingerprint density at radius 1 is 0.811 bits per heavy atom. The van der Waals surface area contributed by atoms with Crippen LogP contribution in [0, 0.1) is 6.92 Å². The number of hydrogen-bond donors (Lipinski definition) is 2. The SMILES string of the molecule is COC(=O)CCC(=O)OCOC(=O)Nc1ccccc1Nc1ccc(C(=O)c2ccccc2C)c(Cl)c1. The lowest BCUT2D eigenvalue weighted by atomic mass is 9.99. The maximum atomic E-state index is 12.9. The molecule has 192 valence electrons. The second-order valence-corrected chi connectivity index (χ2v) is 8.18. The van der Waals surface area contributed by atoms with Crippen LogP contribution in [0.15, 0.2) is 66.7 Å². The van der Waals surface area contributed by atoms with Crippen molar-refractivity contribution in [3.63, 3.8) is 0 Å². The number of esters is 2. The summed E-state index contributed by atoms with van der Waals surface area (Å²) in [7, 11) is 1.21. The minimum atomic E-state index is -0.854. The Bertz CT molecular complexity index is 1310. The molecule has 0 spiro atoms. The van der Waals surface area contributed by atoms with Crippen molar-refractivity contribution in [3.8, 4) is 0 Å². The number of carbonyl (C=O) groups excluding carboxylic acids is 4. The zero-order valence-electron chi connectivity index (χ0n) is 20.2. The Kier molecular flexibility index (Phi) is 9.62. The number of aryl methyl sites for hydroxylation is 1. The van der Waals surface area contributed by atoms with Crippen molar-refractivity contribution in [2.24, 2.45) is 0 Å². The van der Waals surface area contributed by atoms with Crippen LogP contribution in [-0.4, -0.2) is 37.7 Å². The van der Waals surface area contributed by atoms with E-state index in [0.29, 0.717) is 28.2 Å². The smallest absolute Gasteiger partial charge is 0.414 e. The molecule has 0 bridgehead atoms. The largest absolute Gasteiger partial charge is 0.469 e. The highest BCUT2D eigenvalue weighted by Crippen LogP contribution is 2.29. The van der Waals surface area contributed by atoms with Gasteiger partial charge in [-0.2, -0.15) is 0 Å². The van der Waals surface area contributed by atoms with E-state index in [-0.39, 0.29) is 23.6 Å². The number of methoxy groups -OCH3 is 1. The fourth-order valence-electron chi connectivity index (χ4n) is 3.28. The predicted octanol–water partition coefficient (Wildman–Crippen LogP) is 5.63. The van der Waals surface area contributed by atoms with E-state index in [9.17, 15) is 19.2 Å². The van der Waals surface area contributed by atoms with E-state index in [2.05, 4.69) is 15.4 Å². The van der Waals surface area contributed by atoms with Crippen LogP contribution in [0.4, 0.5) is 21.9 Å². The van der Waals surface area contributed by atoms with Crippen molar-refractivity contribution in [1.82, 2.24) is 0 Å². The molecule has 0 aliphatic carbocycles. The molecule has 3 aromatic carbocycles. The summed E-state index contributed by atoms with van der Waals surface area (Å²) in [4.78, 5) is 47.7. The molecule has 0 unspecified atom stereocenters. The minimum Gasteiger partial charge on any atom is -0.469 e. The monoisotopic (exact) mass is 524 g/mol. The first-order valence-electron chi connectivity index (χ1n) is 11.2. The van der Waals surface area contributed by atoms with E-state index in [1.807, 2.05) is 19.1 Å². The highest BCUT2D eigenvalue weighted by Gasteiger charge is 2.16. The minimum absolute atomic E-state index is 0.133. The van der Waals surface area contributed by atoms with Crippen LogP contribution in [0.5, 0.6) is 0 Å². The fourth-order valence-corrected chi connectivity index (χ4v) is 3.55. The summed E-state index contributed by atoms with van der Waals surface area (Å²) in [6, 6.07) is 19.1. The summed E-state index contributed by atoms with van der Waals surface area (Å²) >= 11 is 6.43. The second-order valence-electron chi connectivity index (χ2n) is 7.78. The first-order chi connectivity index (χ1) is 17.8. The molecular weight excluding hydrogens is 500 g/mol. The first-order valence-corrected chi connectivity index (χ1v) is 11.6. The molecule has 2 N–H and O–H groups in total. The average molecular weight is 525 g/mol. The van der Waals surface area contributed by atoms with Gasteiger partial charge in [0.15, 0.2) is 5.78 Å². The molecule has 37 heavy (non-hydrogen) atoms. The molecule has 0 heterocycles. The van der Waals surface area contributed by atoms with E-state index < -0.39 is 24.8 Å². The third-order valence-electron chi connectivity index (χ3n) is 5.22. The Hall–Kier alpha value is -4.37. The average Bonchev–Trinajstić information content (AvgIpc) is 2.88. The topological polar surface area (TPSA) is 120 Å². The van der Waals surface area contributed by atoms with Gasteiger partial charge in [0, 0.05) is 16.8 Å². The Morgan fingerprint density at radius 2 is 1.49 bits per heavy atom. The third-order valence-corrected chi connectivity index (χ3v) is 5.53. The van der Waals surface area contributed by atoms with Crippen molar-refractivity contribution in [2.45, 2.75) is 19.8 Å². The molecule has 0 saturated heterocycles. The predicted molar refractivity (Wildman–Crippen MR) is 138 cm³/mol. The van der Waals surface area contributed by atoms with Gasteiger partial charge in [-0.05, 0) is 42.8 Å². The Labute approximate surface area is 218 Å². The van der Waals surface area contributed by atoms with Crippen molar-refractivity contribution < 1.29 is 33.4 Å². The third kappa shape index (κ3) is 7.81. The summed E-state index contributed by atoms with van der Waals surface area (Å²) < 4.78 is 14.1. The van der Waals surface area contributed by atoms with Gasteiger partial charge in [-0.3, -0.25) is 19.7 Å². The zero-order chi connectivity index (χ0) is 26.8. The molecule has 1 amide bonds. The number of anilines is 3. The van der Waals surface area contributed by atoms with Crippen LogP contribution in [0.1, 0.15) is 34.3 Å². The number of amides is 1. The van der Waals surface area contributed by atoms with Crippen LogP contribution in [0.25, 0.3) is 0 Å². The van der Waals surface area contributed by atoms with Gasteiger partial charge in [-0.15, -0.1) is 0 Å². The van der Waals surface area contributed by atoms with Crippen molar-refractivity contribution in [2.75, 3.05) is 24.5 Å². The van der Waals surface area contributed by atoms with Crippen molar-refractivity contribution in [1.29, 1.82) is 0 Å². The molecule has 0 aliphatic rings. The molecule has 3 rings (SSSR count). The number of hydrogen-bond acceptors (Lipinski definition) is 8. The number of benzene rings is 3. The number of ketones is 1. The quantitative estimate of drug-likeness (QED) is 0.199. The molecule has 0 aliphatic heterocycles. The number of rotatable bonds is 10. The van der Waals surface area contributed by atoms with Crippen molar-refractivity contribution in [3.05, 3.63) is 88.4 Å². The summed E-state index contributed by atoms with van der Waals surface area (Å²) in [5.74, 6) is -1.43. The number of ether oxygens (including phenoxy) is 3. The van der Waals surface area contributed by atoms with Crippen molar-refractivity contribution >= 4 is 52.5 Å². The highest BCUT2D eigenvalue weighted by atomic mass is 35.5. The fraction of sp³-hybridized carbons (Fsp3) is 0.185. The number of carbonyl (C=O) groups is 4. The van der Waals surface area contributed by atoms with Crippen LogP contribution in [0.3, 0.4) is 0 Å². The maximum absolute atomic E-state index is 12.9. The molecule has 0 fully saturated rings. The first kappa shape index (κ1) is 27.2. The molecule has 3 aromatic rings. The van der Waals surface area contributed by atoms with Crippen LogP contribution in [-0.2, 0) is 23.8 Å². The number of halogens is 1. The number of para-hydroxylation sites is 2. The molecule has 10 heteroatoms. The summed E-state index contributed by atoms with van der Waals surface area (Å²) in [5.41, 5.74) is 3.32. The summed E-state index contributed by atoms with van der Waals surface area (Å²) in [6.07, 6.45) is -1.18. The zero-order valence-corrected chi connectivity index (χ0v) is 21.0. The molecule has 0 aromatic heterocycles. The number of nitrogens with one attached hydrogen (secondary N) is 2. The van der Waals surface area contributed by atoms with Gasteiger partial charge < -0.3 is 19.5 Å². The molecule has 0 saturated carbocycles. The van der Waals surface area contributed by atoms with E-state index in [4.69, 9.17) is 21.1 Å². The van der Waals surface area contributed by atoms with Gasteiger partial charge in [0.25, 0.3) is 0 Å². The lowest BCUT2D eigenvalue weighted by Gasteiger charge is -2.14. The van der Waals surface area contributed by atoms with E-state index in [1.54, 1.807) is 54.6 Å². The normalized spacial score (nSPS) is 10.2. The van der Waals surface area contributed by atoms with Crippen LogP contribution < -0.4 is 10.6 Å². The molecule has 9 nitrogen and oxygen atoms in total. The molecule has 0 atom stereocenters. The van der Waals surface area contributed by atoms with Crippen LogP contribution in [0.2, 0.25) is 5.02 Å². The summed E-state index contributed by atoms with van der Waals surface area (Å²) in [5, 5.41) is 5.98. The van der Waals surface area contributed by atoms with E-state index in [0.717, 1.165) is 5.56 Å². The lowest BCUT2D eigenvalue weighted by Crippen LogP contribution is -2.18. The Morgan fingerprint density at radius 3 is 2.19 bits per heavy atom. The van der Waals surface area contributed by atoms with Gasteiger partial charge in [0.2, 0.25) is 6.79 Å². The second kappa shape index (κ2) is 13.1. The maximum Gasteiger partial charge on any atom is 0.414 e. The van der Waals surface area contributed by atoms with Gasteiger partial charge in [0.1, 0.15) is 0 Å².